The van der Waals surface area contributed by atoms with Gasteiger partial charge >= 0.3 is 5.97 Å². The van der Waals surface area contributed by atoms with E-state index in [1.807, 2.05) is 0 Å². The van der Waals surface area contributed by atoms with Gasteiger partial charge in [-0.3, -0.25) is 9.52 Å². The van der Waals surface area contributed by atoms with Gasteiger partial charge in [-0.25, -0.2) is 12.8 Å². The van der Waals surface area contributed by atoms with Crippen molar-refractivity contribution in [1.82, 2.24) is 0 Å². The Hall–Kier alpha value is -2.41. The highest BCUT2D eigenvalue weighted by molar-refractivity contribution is 7.92. The minimum absolute atomic E-state index is 0.0569. The summed E-state index contributed by atoms with van der Waals surface area (Å²) in [6, 6.07) is 10.4. The van der Waals surface area contributed by atoms with Gasteiger partial charge in [0.05, 0.1) is 11.3 Å². The molecular weight excluding hydrogens is 297 g/mol. The van der Waals surface area contributed by atoms with E-state index < -0.39 is 21.8 Å². The van der Waals surface area contributed by atoms with Gasteiger partial charge in [-0.15, -0.1) is 0 Å². The third kappa shape index (κ3) is 4.03. The van der Waals surface area contributed by atoms with E-state index >= 15 is 0 Å². The van der Waals surface area contributed by atoms with E-state index in [-0.39, 0.29) is 11.3 Å². The first-order valence-corrected chi connectivity index (χ1v) is 7.44. The largest absolute Gasteiger partial charge is 0.481 e. The molecule has 2 N–H and O–H groups in total. The molecule has 0 aliphatic heterocycles. The molecule has 0 aromatic heterocycles. The van der Waals surface area contributed by atoms with E-state index in [1.165, 1.54) is 24.3 Å². The zero-order valence-electron chi connectivity index (χ0n) is 10.8. The summed E-state index contributed by atoms with van der Waals surface area (Å²) in [5, 5.41) is 8.65. The van der Waals surface area contributed by atoms with Crippen LogP contribution in [0.2, 0.25) is 0 Å². The van der Waals surface area contributed by atoms with Gasteiger partial charge < -0.3 is 5.11 Å². The zero-order valence-corrected chi connectivity index (χ0v) is 11.6. The zero-order chi connectivity index (χ0) is 15.5. The fourth-order valence-corrected chi connectivity index (χ4v) is 2.75. The number of rotatable bonds is 5. The Morgan fingerprint density at radius 2 is 1.62 bits per heavy atom. The molecule has 7 heteroatoms. The lowest BCUT2D eigenvalue weighted by molar-refractivity contribution is -0.136. The highest BCUT2D eigenvalue weighted by Gasteiger charge is 2.14. The number of carboxylic acid groups (broad SMARTS) is 1. The van der Waals surface area contributed by atoms with Crippen molar-refractivity contribution in [3.8, 4) is 0 Å². The Morgan fingerprint density at radius 3 is 2.14 bits per heavy atom. The number of hydrogen-bond donors (Lipinski definition) is 2. The summed E-state index contributed by atoms with van der Waals surface area (Å²) in [6.07, 6.45) is -0.134. The fraction of sp³-hybridized carbons (Fsp3) is 0.0714. The lowest BCUT2D eigenvalue weighted by Crippen LogP contribution is -2.13. The summed E-state index contributed by atoms with van der Waals surface area (Å²) in [6.45, 7) is 0. The number of benzene rings is 2. The SMILES string of the molecule is O=C(O)Cc1ccc(NS(=O)(=O)c2ccc(F)cc2)cc1. The molecule has 0 amide bonds. The van der Waals surface area contributed by atoms with Crippen molar-refractivity contribution in [2.24, 2.45) is 0 Å². The van der Waals surface area contributed by atoms with E-state index in [2.05, 4.69) is 4.72 Å². The van der Waals surface area contributed by atoms with Gasteiger partial charge in [0.1, 0.15) is 5.82 Å². The molecule has 0 atom stereocenters. The Morgan fingerprint density at radius 1 is 1.05 bits per heavy atom. The standard InChI is InChI=1S/C14H12FNO4S/c15-11-3-7-13(8-4-11)21(19,20)16-12-5-1-10(2-6-12)9-14(17)18/h1-8,16H,9H2,(H,17,18). The second-order valence-corrected chi connectivity index (χ2v) is 6.01. The first kappa shape index (κ1) is 15.0. The Labute approximate surface area is 121 Å². The molecular formula is C14H12FNO4S. The van der Waals surface area contributed by atoms with E-state index in [9.17, 15) is 17.6 Å². The molecule has 2 aromatic rings. The Bertz CT molecular complexity index is 740. The van der Waals surface area contributed by atoms with Crippen LogP contribution in [0.25, 0.3) is 0 Å². The molecule has 0 heterocycles. The van der Waals surface area contributed by atoms with Crippen molar-refractivity contribution >= 4 is 21.7 Å². The van der Waals surface area contributed by atoms with Gasteiger partial charge in [-0.05, 0) is 42.0 Å². The summed E-state index contributed by atoms with van der Waals surface area (Å²) < 4.78 is 39.2. The quantitative estimate of drug-likeness (QED) is 0.887. The number of sulfonamides is 1. The molecule has 0 aliphatic carbocycles. The van der Waals surface area contributed by atoms with Crippen LogP contribution in [0.15, 0.2) is 53.4 Å². The van der Waals surface area contributed by atoms with Crippen LogP contribution in [-0.4, -0.2) is 19.5 Å². The van der Waals surface area contributed by atoms with Crippen LogP contribution in [-0.2, 0) is 21.2 Å². The highest BCUT2D eigenvalue weighted by atomic mass is 32.2. The molecule has 0 saturated heterocycles. The molecule has 0 spiro atoms. The number of hydrogen-bond acceptors (Lipinski definition) is 3. The molecule has 0 saturated carbocycles. The molecule has 5 nitrogen and oxygen atoms in total. The van der Waals surface area contributed by atoms with Crippen LogP contribution in [0.5, 0.6) is 0 Å². The van der Waals surface area contributed by atoms with Gasteiger partial charge in [0.2, 0.25) is 0 Å². The minimum Gasteiger partial charge on any atom is -0.481 e. The number of nitrogens with one attached hydrogen (secondary N) is 1. The molecule has 21 heavy (non-hydrogen) atoms. The normalized spacial score (nSPS) is 11.1. The third-order valence-electron chi connectivity index (χ3n) is 2.69. The molecule has 0 fully saturated rings. The monoisotopic (exact) mass is 309 g/mol. The van der Waals surface area contributed by atoms with E-state index in [4.69, 9.17) is 5.11 Å². The second kappa shape index (κ2) is 5.92. The molecule has 110 valence electrons. The Balaban J connectivity index is 2.16. The van der Waals surface area contributed by atoms with Gasteiger partial charge in [0.15, 0.2) is 0 Å². The van der Waals surface area contributed by atoms with Crippen LogP contribution in [0.1, 0.15) is 5.56 Å². The maximum atomic E-state index is 12.8. The van der Waals surface area contributed by atoms with Crippen LogP contribution >= 0.6 is 0 Å². The van der Waals surface area contributed by atoms with E-state index in [1.54, 1.807) is 0 Å². The summed E-state index contributed by atoms with van der Waals surface area (Å²) in [4.78, 5) is 10.5. The van der Waals surface area contributed by atoms with Crippen LogP contribution in [0, 0.1) is 5.82 Å². The van der Waals surface area contributed by atoms with Crippen molar-refractivity contribution < 1.29 is 22.7 Å². The molecule has 0 radical (unpaired) electrons. The van der Waals surface area contributed by atoms with Gasteiger partial charge in [0.25, 0.3) is 10.0 Å². The minimum atomic E-state index is -3.80. The van der Waals surface area contributed by atoms with Gasteiger partial charge in [-0.2, -0.15) is 0 Å². The average molecular weight is 309 g/mol. The highest BCUT2D eigenvalue weighted by Crippen LogP contribution is 2.17. The third-order valence-corrected chi connectivity index (χ3v) is 4.08. The maximum absolute atomic E-state index is 12.8. The first-order chi connectivity index (χ1) is 9.87. The van der Waals surface area contributed by atoms with Crippen LogP contribution in [0.3, 0.4) is 0 Å². The van der Waals surface area contributed by atoms with Crippen molar-refractivity contribution in [2.45, 2.75) is 11.3 Å². The number of aliphatic carboxylic acids is 1. The average Bonchev–Trinajstić information content (AvgIpc) is 2.40. The fourth-order valence-electron chi connectivity index (χ4n) is 1.69. The lowest BCUT2D eigenvalue weighted by Gasteiger charge is -2.08. The summed E-state index contributed by atoms with van der Waals surface area (Å²) in [5.41, 5.74) is 0.862. The predicted molar refractivity (Wildman–Crippen MR) is 75.0 cm³/mol. The lowest BCUT2D eigenvalue weighted by atomic mass is 10.1. The summed E-state index contributed by atoms with van der Waals surface area (Å²) in [7, 11) is -3.80. The first-order valence-electron chi connectivity index (χ1n) is 5.96. The van der Waals surface area contributed by atoms with Crippen LogP contribution < -0.4 is 4.72 Å². The smallest absolute Gasteiger partial charge is 0.307 e. The van der Waals surface area contributed by atoms with Gasteiger partial charge in [0, 0.05) is 5.69 Å². The number of halogens is 1. The molecule has 0 bridgehead atoms. The van der Waals surface area contributed by atoms with E-state index in [0.717, 1.165) is 24.3 Å². The topological polar surface area (TPSA) is 83.5 Å². The van der Waals surface area contributed by atoms with Crippen molar-refractivity contribution in [1.29, 1.82) is 0 Å². The maximum Gasteiger partial charge on any atom is 0.307 e. The number of carbonyl (C=O) groups is 1. The van der Waals surface area contributed by atoms with Crippen molar-refractivity contribution in [3.05, 3.63) is 59.9 Å². The molecule has 2 aromatic carbocycles. The second-order valence-electron chi connectivity index (χ2n) is 4.33. The van der Waals surface area contributed by atoms with Crippen LogP contribution in [0.4, 0.5) is 10.1 Å². The molecule has 0 unspecified atom stereocenters. The Kier molecular flexibility index (Phi) is 4.23. The van der Waals surface area contributed by atoms with Gasteiger partial charge in [-0.1, -0.05) is 12.1 Å². The summed E-state index contributed by atoms with van der Waals surface area (Å²) >= 11 is 0. The van der Waals surface area contributed by atoms with E-state index in [0.29, 0.717) is 11.3 Å². The predicted octanol–water partition coefficient (Wildman–Crippen LogP) is 2.25. The number of carboxylic acids is 1. The van der Waals surface area contributed by atoms with Crippen molar-refractivity contribution in [3.63, 3.8) is 0 Å². The summed E-state index contributed by atoms with van der Waals surface area (Å²) in [5.74, 6) is -1.48. The molecule has 2 rings (SSSR count). The number of anilines is 1. The molecule has 0 aliphatic rings. The van der Waals surface area contributed by atoms with Crippen molar-refractivity contribution in [2.75, 3.05) is 4.72 Å².